The first-order chi connectivity index (χ1) is 6.36. The summed E-state index contributed by atoms with van der Waals surface area (Å²) in [6, 6.07) is 5.98. The molecule has 1 heterocycles. The molecule has 0 saturated carbocycles. The number of ether oxygens (including phenoxy) is 1. The Hall–Kier alpha value is -1.48. The van der Waals surface area contributed by atoms with Crippen LogP contribution in [0.1, 0.15) is 5.56 Å². The third-order valence-corrected chi connectivity index (χ3v) is 2.24. The van der Waals surface area contributed by atoms with Crippen LogP contribution in [0.5, 0.6) is 5.75 Å². The van der Waals surface area contributed by atoms with Gasteiger partial charge in [-0.3, -0.25) is 0 Å². The predicted molar refractivity (Wildman–Crippen MR) is 51.4 cm³/mol. The van der Waals surface area contributed by atoms with Crippen LogP contribution in [-0.4, -0.2) is 12.1 Å². The van der Waals surface area contributed by atoms with Gasteiger partial charge in [-0.2, -0.15) is 0 Å². The van der Waals surface area contributed by atoms with Crippen molar-refractivity contribution in [1.82, 2.24) is 4.98 Å². The van der Waals surface area contributed by atoms with Gasteiger partial charge in [0, 0.05) is 17.3 Å². The van der Waals surface area contributed by atoms with Gasteiger partial charge in [0.15, 0.2) is 0 Å². The van der Waals surface area contributed by atoms with Gasteiger partial charge in [-0.25, -0.2) is 0 Å². The van der Waals surface area contributed by atoms with Gasteiger partial charge in [-0.15, -0.1) is 0 Å². The van der Waals surface area contributed by atoms with Crippen molar-refractivity contribution in [3.63, 3.8) is 0 Å². The molecule has 1 aromatic carbocycles. The van der Waals surface area contributed by atoms with E-state index >= 15 is 0 Å². The molecule has 0 bridgehead atoms. The number of fused-ring (bicyclic) bond motifs is 1. The SMILES string of the molecule is COc1cccc2[nH]cc(C[NH3+])c12. The number of nitrogens with one attached hydrogen (secondary N) is 1. The third-order valence-electron chi connectivity index (χ3n) is 2.24. The van der Waals surface area contributed by atoms with Gasteiger partial charge in [-0.05, 0) is 12.1 Å². The molecule has 4 N–H and O–H groups in total. The normalized spacial score (nSPS) is 10.6. The summed E-state index contributed by atoms with van der Waals surface area (Å²) < 4.78 is 5.28. The molecule has 0 unspecified atom stereocenters. The van der Waals surface area contributed by atoms with Crippen LogP contribution in [0.15, 0.2) is 24.4 Å². The van der Waals surface area contributed by atoms with Gasteiger partial charge >= 0.3 is 0 Å². The lowest BCUT2D eigenvalue weighted by Crippen LogP contribution is -2.47. The van der Waals surface area contributed by atoms with Crippen LogP contribution in [0.4, 0.5) is 0 Å². The standard InChI is InChI=1S/C10H12N2O/c1-13-9-4-2-3-8-10(9)7(5-11)6-12-8/h2-4,6,12H,5,11H2,1H3/p+1. The second kappa shape index (κ2) is 3.11. The molecule has 0 spiro atoms. The topological polar surface area (TPSA) is 52.7 Å². The molecule has 0 fully saturated rings. The van der Waals surface area contributed by atoms with Crippen LogP contribution < -0.4 is 10.5 Å². The average molecular weight is 177 g/mol. The van der Waals surface area contributed by atoms with Gasteiger partial charge < -0.3 is 15.5 Å². The summed E-state index contributed by atoms with van der Waals surface area (Å²) in [7, 11) is 1.69. The molecule has 0 radical (unpaired) electrons. The number of rotatable bonds is 2. The predicted octanol–water partition coefficient (Wildman–Crippen LogP) is 0.918. The Kier molecular flexibility index (Phi) is 1.94. The zero-order valence-corrected chi connectivity index (χ0v) is 7.63. The van der Waals surface area contributed by atoms with E-state index < -0.39 is 0 Å². The van der Waals surface area contributed by atoms with Crippen LogP contribution >= 0.6 is 0 Å². The lowest BCUT2D eigenvalue weighted by atomic mass is 10.1. The highest BCUT2D eigenvalue weighted by Gasteiger charge is 2.07. The molecule has 0 aliphatic rings. The summed E-state index contributed by atoms with van der Waals surface area (Å²) >= 11 is 0. The van der Waals surface area contributed by atoms with Crippen molar-refractivity contribution < 1.29 is 10.5 Å². The van der Waals surface area contributed by atoms with Gasteiger partial charge in [0.05, 0.1) is 12.5 Å². The van der Waals surface area contributed by atoms with Gasteiger partial charge in [-0.1, -0.05) is 6.07 Å². The van der Waals surface area contributed by atoms with Crippen molar-refractivity contribution >= 4 is 10.9 Å². The zero-order valence-electron chi connectivity index (χ0n) is 7.63. The number of H-pyrrole nitrogens is 1. The van der Waals surface area contributed by atoms with E-state index in [1.807, 2.05) is 24.4 Å². The van der Waals surface area contributed by atoms with Crippen molar-refractivity contribution in [1.29, 1.82) is 0 Å². The lowest BCUT2D eigenvalue weighted by Gasteiger charge is -2.01. The van der Waals surface area contributed by atoms with E-state index in [1.54, 1.807) is 7.11 Å². The van der Waals surface area contributed by atoms with Crippen molar-refractivity contribution in [2.75, 3.05) is 7.11 Å². The Balaban J connectivity index is 2.76. The number of benzene rings is 1. The Morgan fingerprint density at radius 1 is 1.46 bits per heavy atom. The Bertz CT molecular complexity index is 420. The smallest absolute Gasteiger partial charge is 0.128 e. The number of quaternary nitrogens is 1. The first kappa shape index (κ1) is 8.13. The minimum Gasteiger partial charge on any atom is -0.496 e. The molecule has 0 amide bonds. The summed E-state index contributed by atoms with van der Waals surface area (Å²) in [6.07, 6.45) is 1.99. The molecule has 68 valence electrons. The molecule has 2 aromatic rings. The highest BCUT2D eigenvalue weighted by atomic mass is 16.5. The summed E-state index contributed by atoms with van der Waals surface area (Å²) in [5, 5.41) is 1.15. The van der Waals surface area contributed by atoms with Gasteiger partial charge in [0.25, 0.3) is 0 Å². The van der Waals surface area contributed by atoms with E-state index in [0.717, 1.165) is 23.2 Å². The average Bonchev–Trinajstić information content (AvgIpc) is 2.60. The highest BCUT2D eigenvalue weighted by molar-refractivity contribution is 5.89. The molecule has 0 aliphatic carbocycles. The Morgan fingerprint density at radius 3 is 3.00 bits per heavy atom. The number of hydrogen-bond acceptors (Lipinski definition) is 1. The summed E-state index contributed by atoms with van der Waals surface area (Å²) in [5.41, 5.74) is 6.19. The largest absolute Gasteiger partial charge is 0.496 e. The molecule has 1 aromatic heterocycles. The van der Waals surface area contributed by atoms with Crippen molar-refractivity contribution in [2.45, 2.75) is 6.54 Å². The first-order valence-corrected chi connectivity index (χ1v) is 4.29. The third kappa shape index (κ3) is 1.17. The van der Waals surface area contributed by atoms with E-state index in [9.17, 15) is 0 Å². The molecule has 3 nitrogen and oxygen atoms in total. The van der Waals surface area contributed by atoms with Gasteiger partial charge in [0.2, 0.25) is 0 Å². The zero-order chi connectivity index (χ0) is 9.26. The molecule has 0 atom stereocenters. The molecule has 0 saturated heterocycles. The van der Waals surface area contributed by atoms with E-state index in [4.69, 9.17) is 4.74 Å². The fraction of sp³-hybridized carbons (Fsp3) is 0.200. The summed E-state index contributed by atoms with van der Waals surface area (Å²) in [6.45, 7) is 0.778. The fourth-order valence-corrected chi connectivity index (χ4v) is 1.59. The second-order valence-electron chi connectivity index (χ2n) is 2.95. The minimum atomic E-state index is 0.778. The molecule has 0 aliphatic heterocycles. The molecular formula is C10H13N2O+. The Morgan fingerprint density at radius 2 is 2.31 bits per heavy atom. The molecule has 2 rings (SSSR count). The van der Waals surface area contributed by atoms with Crippen LogP contribution in [0, 0.1) is 0 Å². The van der Waals surface area contributed by atoms with E-state index in [-0.39, 0.29) is 0 Å². The maximum atomic E-state index is 5.28. The highest BCUT2D eigenvalue weighted by Crippen LogP contribution is 2.27. The van der Waals surface area contributed by atoms with E-state index in [2.05, 4.69) is 10.7 Å². The van der Waals surface area contributed by atoms with E-state index in [1.165, 1.54) is 5.56 Å². The summed E-state index contributed by atoms with van der Waals surface area (Å²) in [5.74, 6) is 0.914. The number of methoxy groups -OCH3 is 1. The maximum Gasteiger partial charge on any atom is 0.128 e. The van der Waals surface area contributed by atoms with Gasteiger partial charge in [0.1, 0.15) is 12.3 Å². The number of hydrogen-bond donors (Lipinski definition) is 2. The summed E-state index contributed by atoms with van der Waals surface area (Å²) in [4.78, 5) is 3.19. The number of aromatic amines is 1. The van der Waals surface area contributed by atoms with Crippen molar-refractivity contribution in [2.24, 2.45) is 0 Å². The Labute approximate surface area is 76.5 Å². The molecular weight excluding hydrogens is 164 g/mol. The second-order valence-corrected chi connectivity index (χ2v) is 2.95. The van der Waals surface area contributed by atoms with Crippen LogP contribution in [0.25, 0.3) is 10.9 Å². The van der Waals surface area contributed by atoms with Crippen molar-refractivity contribution in [3.8, 4) is 5.75 Å². The van der Waals surface area contributed by atoms with Crippen LogP contribution in [-0.2, 0) is 6.54 Å². The fourth-order valence-electron chi connectivity index (χ4n) is 1.59. The number of aromatic nitrogens is 1. The molecule has 3 heteroatoms. The monoisotopic (exact) mass is 177 g/mol. The minimum absolute atomic E-state index is 0.778. The van der Waals surface area contributed by atoms with Crippen molar-refractivity contribution in [3.05, 3.63) is 30.0 Å². The first-order valence-electron chi connectivity index (χ1n) is 4.29. The quantitative estimate of drug-likeness (QED) is 0.704. The van der Waals surface area contributed by atoms with E-state index in [0.29, 0.717) is 0 Å². The lowest BCUT2D eigenvalue weighted by molar-refractivity contribution is -0.386. The van der Waals surface area contributed by atoms with Crippen LogP contribution in [0.2, 0.25) is 0 Å². The van der Waals surface area contributed by atoms with Crippen LogP contribution in [0.3, 0.4) is 0 Å². The maximum absolute atomic E-state index is 5.28. The molecule has 13 heavy (non-hydrogen) atoms.